The monoisotopic (exact) mass is 410 g/mol. The Labute approximate surface area is 177 Å². The lowest BCUT2D eigenvalue weighted by molar-refractivity contribution is -0.134. The van der Waals surface area contributed by atoms with Gasteiger partial charge in [0, 0.05) is 24.8 Å². The topological polar surface area (TPSA) is 78.5 Å². The molecule has 1 N–H and O–H groups in total. The van der Waals surface area contributed by atoms with Crippen LogP contribution in [0, 0.1) is 6.92 Å². The van der Waals surface area contributed by atoms with Gasteiger partial charge in [-0.2, -0.15) is 5.10 Å². The summed E-state index contributed by atoms with van der Waals surface area (Å²) >= 11 is 0. The van der Waals surface area contributed by atoms with E-state index in [4.69, 9.17) is 4.74 Å². The van der Waals surface area contributed by atoms with Crippen molar-refractivity contribution in [2.24, 2.45) is 0 Å². The summed E-state index contributed by atoms with van der Waals surface area (Å²) in [6, 6.07) is 12.0. The Bertz CT molecular complexity index is 860. The first-order valence-electron chi connectivity index (χ1n) is 10.9. The summed E-state index contributed by atoms with van der Waals surface area (Å²) in [5, 5.41) is 6.90. The van der Waals surface area contributed by atoms with Crippen molar-refractivity contribution >= 4 is 11.8 Å². The average molecular weight is 411 g/mol. The molecular formula is C23H30N4O3. The van der Waals surface area contributed by atoms with Gasteiger partial charge in [-0.3, -0.25) is 14.7 Å². The molecule has 30 heavy (non-hydrogen) atoms. The predicted molar refractivity (Wildman–Crippen MR) is 113 cm³/mol. The van der Waals surface area contributed by atoms with Crippen LogP contribution in [-0.4, -0.2) is 63.6 Å². The van der Waals surface area contributed by atoms with Crippen molar-refractivity contribution in [2.75, 3.05) is 19.6 Å². The maximum absolute atomic E-state index is 13.1. The summed E-state index contributed by atoms with van der Waals surface area (Å²) in [7, 11) is 0. The second-order valence-electron chi connectivity index (χ2n) is 8.38. The van der Waals surface area contributed by atoms with Gasteiger partial charge in [-0.1, -0.05) is 49.6 Å². The van der Waals surface area contributed by atoms with Gasteiger partial charge < -0.3 is 14.5 Å². The number of nitrogens with zero attached hydrogens (tertiary/aromatic N) is 3. The van der Waals surface area contributed by atoms with Crippen molar-refractivity contribution in [2.45, 2.75) is 57.8 Å². The molecule has 0 radical (unpaired) electrons. The first-order chi connectivity index (χ1) is 14.6. The van der Waals surface area contributed by atoms with Crippen LogP contribution in [0.1, 0.15) is 53.8 Å². The van der Waals surface area contributed by atoms with Crippen LogP contribution in [0.4, 0.5) is 0 Å². The van der Waals surface area contributed by atoms with Gasteiger partial charge in [0.1, 0.15) is 12.2 Å². The molecule has 1 aromatic heterocycles. The van der Waals surface area contributed by atoms with Crippen molar-refractivity contribution in [1.82, 2.24) is 20.0 Å². The fourth-order valence-electron chi connectivity index (χ4n) is 4.43. The maximum Gasteiger partial charge on any atom is 0.274 e. The third-order valence-electron chi connectivity index (χ3n) is 6.03. The molecule has 1 aromatic carbocycles. The molecule has 4 rings (SSSR count). The van der Waals surface area contributed by atoms with Gasteiger partial charge >= 0.3 is 0 Å². The molecule has 2 aromatic rings. The Hall–Kier alpha value is -2.67. The number of aromatic nitrogens is 2. The van der Waals surface area contributed by atoms with E-state index in [9.17, 15) is 9.59 Å². The van der Waals surface area contributed by atoms with E-state index in [-0.39, 0.29) is 30.5 Å². The summed E-state index contributed by atoms with van der Waals surface area (Å²) in [6.07, 6.45) is 5.36. The smallest absolute Gasteiger partial charge is 0.274 e. The lowest BCUT2D eigenvalue weighted by atomic mass is 9.94. The van der Waals surface area contributed by atoms with Gasteiger partial charge in [0.25, 0.3) is 5.91 Å². The van der Waals surface area contributed by atoms with Gasteiger partial charge in [-0.05, 0) is 31.4 Å². The third-order valence-corrected chi connectivity index (χ3v) is 6.03. The summed E-state index contributed by atoms with van der Waals surface area (Å²) in [5.41, 5.74) is 2.24. The number of nitrogens with one attached hydrogen (secondary N) is 1. The standard InChI is InChI=1S/C23H30N4O3/c1-17-12-21(25-24-17)23(29)26-13-20(30-16-18-8-4-2-5-9-18)14-27(22(28)15-26)19-10-6-3-7-11-19/h2,4-5,8-9,12,19-20H,3,6-7,10-11,13-16H2,1H3,(H,24,25). The second kappa shape index (κ2) is 9.43. The number of aromatic amines is 1. The minimum atomic E-state index is -0.234. The average Bonchev–Trinajstić information content (AvgIpc) is 3.14. The zero-order valence-corrected chi connectivity index (χ0v) is 17.5. The van der Waals surface area contributed by atoms with Gasteiger partial charge in [-0.25, -0.2) is 0 Å². The zero-order valence-electron chi connectivity index (χ0n) is 17.5. The fraction of sp³-hybridized carbons (Fsp3) is 0.522. The Balaban J connectivity index is 1.52. The molecule has 2 fully saturated rings. The largest absolute Gasteiger partial charge is 0.370 e. The lowest BCUT2D eigenvalue weighted by Gasteiger charge is -2.34. The molecule has 7 nitrogen and oxygen atoms in total. The maximum atomic E-state index is 13.1. The minimum Gasteiger partial charge on any atom is -0.370 e. The quantitative estimate of drug-likeness (QED) is 0.822. The summed E-state index contributed by atoms with van der Waals surface area (Å²) < 4.78 is 6.22. The molecule has 1 aliphatic heterocycles. The van der Waals surface area contributed by atoms with Gasteiger partial charge in [-0.15, -0.1) is 0 Å². The first kappa shape index (κ1) is 20.6. The Morgan fingerprint density at radius 2 is 1.93 bits per heavy atom. The van der Waals surface area contributed by atoms with E-state index in [2.05, 4.69) is 10.2 Å². The molecule has 1 atom stereocenters. The van der Waals surface area contributed by atoms with Crippen LogP contribution in [0.15, 0.2) is 36.4 Å². The Kier molecular flexibility index (Phi) is 6.47. The molecule has 1 saturated carbocycles. The number of hydrogen-bond donors (Lipinski definition) is 1. The first-order valence-corrected chi connectivity index (χ1v) is 10.9. The highest BCUT2D eigenvalue weighted by Gasteiger charge is 2.35. The van der Waals surface area contributed by atoms with Gasteiger partial charge in [0.05, 0.1) is 12.7 Å². The highest BCUT2D eigenvalue weighted by atomic mass is 16.5. The molecule has 0 spiro atoms. The second-order valence-corrected chi connectivity index (χ2v) is 8.38. The van der Waals surface area contributed by atoms with Crippen LogP contribution in [0.25, 0.3) is 0 Å². The normalized spacial score (nSPS) is 21.0. The van der Waals surface area contributed by atoms with Crippen molar-refractivity contribution in [3.05, 3.63) is 53.3 Å². The van der Waals surface area contributed by atoms with E-state index in [1.165, 1.54) is 6.42 Å². The zero-order chi connectivity index (χ0) is 20.9. The minimum absolute atomic E-state index is 0.00770. The molecule has 1 aliphatic carbocycles. The van der Waals surface area contributed by atoms with Crippen LogP contribution >= 0.6 is 0 Å². The number of benzene rings is 1. The van der Waals surface area contributed by atoms with Crippen molar-refractivity contribution in [1.29, 1.82) is 0 Å². The highest BCUT2D eigenvalue weighted by molar-refractivity contribution is 5.95. The fourth-order valence-corrected chi connectivity index (χ4v) is 4.43. The van der Waals surface area contributed by atoms with Crippen molar-refractivity contribution in [3.63, 3.8) is 0 Å². The third kappa shape index (κ3) is 4.90. The Morgan fingerprint density at radius 3 is 2.63 bits per heavy atom. The van der Waals surface area contributed by atoms with Crippen LogP contribution < -0.4 is 0 Å². The number of H-pyrrole nitrogens is 1. The van der Waals surface area contributed by atoms with E-state index in [0.29, 0.717) is 25.4 Å². The van der Waals surface area contributed by atoms with Gasteiger partial charge in [0.15, 0.2) is 0 Å². The predicted octanol–water partition coefficient (Wildman–Crippen LogP) is 2.92. The lowest BCUT2D eigenvalue weighted by Crippen LogP contribution is -2.46. The number of aryl methyl sites for hydroxylation is 1. The number of carbonyl (C=O) groups is 2. The molecule has 0 bridgehead atoms. The van der Waals surface area contributed by atoms with Crippen LogP contribution in [0.3, 0.4) is 0 Å². The molecule has 2 heterocycles. The molecule has 1 saturated heterocycles. The van der Waals surface area contributed by atoms with Crippen LogP contribution in [0.2, 0.25) is 0 Å². The summed E-state index contributed by atoms with van der Waals surface area (Å²) in [5.74, 6) is -0.222. The molecular weight excluding hydrogens is 380 g/mol. The van der Waals surface area contributed by atoms with Crippen LogP contribution in [0.5, 0.6) is 0 Å². The van der Waals surface area contributed by atoms with Crippen LogP contribution in [-0.2, 0) is 16.1 Å². The number of ether oxygens (including phenoxy) is 1. The number of amides is 2. The highest BCUT2D eigenvalue weighted by Crippen LogP contribution is 2.25. The Morgan fingerprint density at radius 1 is 1.17 bits per heavy atom. The van der Waals surface area contributed by atoms with E-state index >= 15 is 0 Å². The number of hydrogen-bond acceptors (Lipinski definition) is 4. The molecule has 160 valence electrons. The number of rotatable bonds is 5. The molecule has 1 unspecified atom stereocenters. The molecule has 2 aliphatic rings. The summed E-state index contributed by atoms with van der Waals surface area (Å²) in [6.45, 7) is 3.30. The van der Waals surface area contributed by atoms with E-state index in [0.717, 1.165) is 36.9 Å². The molecule has 2 amide bonds. The summed E-state index contributed by atoms with van der Waals surface area (Å²) in [4.78, 5) is 29.7. The van der Waals surface area contributed by atoms with E-state index < -0.39 is 0 Å². The molecule has 7 heteroatoms. The van der Waals surface area contributed by atoms with E-state index in [1.54, 1.807) is 11.0 Å². The van der Waals surface area contributed by atoms with E-state index in [1.807, 2.05) is 42.2 Å². The van der Waals surface area contributed by atoms with Crippen molar-refractivity contribution in [3.8, 4) is 0 Å². The van der Waals surface area contributed by atoms with Crippen molar-refractivity contribution < 1.29 is 14.3 Å². The van der Waals surface area contributed by atoms with Gasteiger partial charge in [0.2, 0.25) is 5.91 Å². The number of carbonyl (C=O) groups excluding carboxylic acids is 2. The SMILES string of the molecule is Cc1cc(C(=O)N2CC(=O)N(C3CCCCC3)CC(OCc3ccccc3)C2)n[nH]1.